The number of nitrogens with two attached hydrogens (primary N) is 1. The van der Waals surface area contributed by atoms with Crippen LogP contribution in [0, 0.1) is 0 Å². The molecule has 0 bridgehead atoms. The number of hydrogen-bond acceptors (Lipinski definition) is 5. The lowest BCUT2D eigenvalue weighted by atomic mass is 10.1. The fraction of sp³-hybridized carbons (Fsp3) is 0.600. The largest absolute Gasteiger partial charge is 0.474 e. The predicted molar refractivity (Wildman–Crippen MR) is 56.7 cm³/mol. The van der Waals surface area contributed by atoms with E-state index in [1.165, 1.54) is 0 Å². The van der Waals surface area contributed by atoms with Crippen LogP contribution in [-0.4, -0.2) is 34.3 Å². The lowest BCUT2D eigenvalue weighted by molar-refractivity contribution is 0.228. The van der Waals surface area contributed by atoms with Crippen LogP contribution in [0.15, 0.2) is 12.4 Å². The zero-order chi connectivity index (χ0) is 11.3. The second-order valence-electron chi connectivity index (χ2n) is 3.56. The molecule has 1 aromatic rings. The molecule has 5 heteroatoms. The maximum atomic E-state index is 9.06. The summed E-state index contributed by atoms with van der Waals surface area (Å²) in [6, 6.07) is 0. The second-order valence-corrected chi connectivity index (χ2v) is 3.56. The van der Waals surface area contributed by atoms with E-state index >= 15 is 0 Å². The van der Waals surface area contributed by atoms with Gasteiger partial charge in [0.05, 0.1) is 24.6 Å². The van der Waals surface area contributed by atoms with Gasteiger partial charge in [0.15, 0.2) is 0 Å². The molecule has 0 aromatic carbocycles. The maximum Gasteiger partial charge on any atom is 0.232 e. The van der Waals surface area contributed by atoms with Crippen molar-refractivity contribution in [3.05, 3.63) is 18.1 Å². The van der Waals surface area contributed by atoms with Crippen LogP contribution >= 0.6 is 0 Å². The molecule has 0 aliphatic carbocycles. The van der Waals surface area contributed by atoms with E-state index in [0.29, 0.717) is 18.1 Å². The van der Waals surface area contributed by atoms with Gasteiger partial charge in [0.1, 0.15) is 0 Å². The molecule has 0 fully saturated rings. The maximum absolute atomic E-state index is 9.06. The molecular formula is C10H17N3O2. The summed E-state index contributed by atoms with van der Waals surface area (Å²) < 4.78 is 5.40. The van der Waals surface area contributed by atoms with Gasteiger partial charge in [-0.25, -0.2) is 4.98 Å². The van der Waals surface area contributed by atoms with Crippen molar-refractivity contribution in [1.29, 1.82) is 0 Å². The highest BCUT2D eigenvalue weighted by Gasteiger charge is 2.11. The Morgan fingerprint density at radius 2 is 2.20 bits per heavy atom. The second kappa shape index (κ2) is 5.63. The average molecular weight is 211 g/mol. The fourth-order valence-electron chi connectivity index (χ4n) is 1.15. The Morgan fingerprint density at radius 3 is 2.73 bits per heavy atom. The highest BCUT2D eigenvalue weighted by Crippen LogP contribution is 2.14. The molecular weight excluding hydrogens is 194 g/mol. The van der Waals surface area contributed by atoms with Crippen molar-refractivity contribution >= 4 is 0 Å². The van der Waals surface area contributed by atoms with Crippen molar-refractivity contribution in [2.24, 2.45) is 5.73 Å². The number of hydrogen-bond donors (Lipinski definition) is 2. The van der Waals surface area contributed by atoms with Crippen molar-refractivity contribution in [3.8, 4) is 5.88 Å². The van der Waals surface area contributed by atoms with Gasteiger partial charge in [0.2, 0.25) is 5.88 Å². The van der Waals surface area contributed by atoms with Gasteiger partial charge >= 0.3 is 0 Å². The fourth-order valence-corrected chi connectivity index (χ4v) is 1.15. The summed E-state index contributed by atoms with van der Waals surface area (Å²) in [4.78, 5) is 8.23. The Morgan fingerprint density at radius 1 is 1.47 bits per heavy atom. The summed E-state index contributed by atoms with van der Waals surface area (Å²) >= 11 is 0. The van der Waals surface area contributed by atoms with Gasteiger partial charge < -0.3 is 15.6 Å². The predicted octanol–water partition coefficient (Wildman–Crippen LogP) is 0.298. The summed E-state index contributed by atoms with van der Waals surface area (Å²) in [5.41, 5.74) is 6.16. The standard InChI is InChI=1S/C10H17N3O2/c1-7(2)15-10-5-12-4-9(13-10)8(3-11)6-14/h4-5,7-8,14H,3,6,11H2,1-2H3. The molecule has 1 unspecified atom stereocenters. The molecule has 0 saturated carbocycles. The lowest BCUT2D eigenvalue weighted by Crippen LogP contribution is -2.18. The van der Waals surface area contributed by atoms with Crippen molar-refractivity contribution in [2.75, 3.05) is 13.2 Å². The first-order chi connectivity index (χ1) is 7.17. The molecule has 15 heavy (non-hydrogen) atoms. The van der Waals surface area contributed by atoms with Crippen molar-refractivity contribution in [3.63, 3.8) is 0 Å². The number of rotatable bonds is 5. The molecule has 0 amide bonds. The van der Waals surface area contributed by atoms with Crippen molar-refractivity contribution in [1.82, 2.24) is 9.97 Å². The van der Waals surface area contributed by atoms with E-state index < -0.39 is 0 Å². The molecule has 0 aliphatic heterocycles. The molecule has 0 radical (unpaired) electrons. The number of aliphatic hydroxyl groups is 1. The van der Waals surface area contributed by atoms with Crippen LogP contribution in [0.2, 0.25) is 0 Å². The molecule has 1 aromatic heterocycles. The Balaban J connectivity index is 2.81. The van der Waals surface area contributed by atoms with Crippen molar-refractivity contribution in [2.45, 2.75) is 25.9 Å². The van der Waals surface area contributed by atoms with Crippen LogP contribution in [0.4, 0.5) is 0 Å². The summed E-state index contributed by atoms with van der Waals surface area (Å²) in [6.07, 6.45) is 3.20. The molecule has 84 valence electrons. The molecule has 1 heterocycles. The summed E-state index contributed by atoms with van der Waals surface area (Å²) in [7, 11) is 0. The van der Waals surface area contributed by atoms with Crippen LogP contribution in [-0.2, 0) is 0 Å². The van der Waals surface area contributed by atoms with Crippen LogP contribution < -0.4 is 10.5 Å². The van der Waals surface area contributed by atoms with Gasteiger partial charge in [-0.2, -0.15) is 0 Å². The van der Waals surface area contributed by atoms with Crippen LogP contribution in [0.1, 0.15) is 25.5 Å². The first-order valence-electron chi connectivity index (χ1n) is 4.97. The van der Waals surface area contributed by atoms with E-state index in [4.69, 9.17) is 15.6 Å². The number of nitrogens with zero attached hydrogens (tertiary/aromatic N) is 2. The van der Waals surface area contributed by atoms with Gasteiger partial charge in [-0.15, -0.1) is 0 Å². The van der Waals surface area contributed by atoms with Crippen LogP contribution in [0.25, 0.3) is 0 Å². The molecule has 0 saturated heterocycles. The van der Waals surface area contributed by atoms with E-state index in [1.54, 1.807) is 12.4 Å². The average Bonchev–Trinajstić information content (AvgIpc) is 2.19. The van der Waals surface area contributed by atoms with Gasteiger partial charge in [-0.3, -0.25) is 4.98 Å². The monoisotopic (exact) mass is 211 g/mol. The highest BCUT2D eigenvalue weighted by molar-refractivity contribution is 5.12. The first kappa shape index (κ1) is 11.9. The minimum atomic E-state index is -0.173. The Bertz CT molecular complexity index is 300. The van der Waals surface area contributed by atoms with Crippen LogP contribution in [0.5, 0.6) is 5.88 Å². The van der Waals surface area contributed by atoms with E-state index in [2.05, 4.69) is 9.97 Å². The van der Waals surface area contributed by atoms with E-state index in [1.807, 2.05) is 13.8 Å². The third-order valence-electron chi connectivity index (χ3n) is 1.91. The van der Waals surface area contributed by atoms with Crippen LogP contribution in [0.3, 0.4) is 0 Å². The molecule has 1 rings (SSSR count). The molecule has 0 aliphatic rings. The molecule has 0 spiro atoms. The Kier molecular flexibility index (Phi) is 4.45. The summed E-state index contributed by atoms with van der Waals surface area (Å²) in [6.45, 7) is 4.15. The third-order valence-corrected chi connectivity index (χ3v) is 1.91. The Labute approximate surface area is 89.3 Å². The van der Waals surface area contributed by atoms with Crippen molar-refractivity contribution < 1.29 is 9.84 Å². The minimum absolute atomic E-state index is 0.0314. The first-order valence-corrected chi connectivity index (χ1v) is 4.97. The van der Waals surface area contributed by atoms with E-state index in [9.17, 15) is 0 Å². The molecule has 1 atom stereocenters. The molecule has 5 nitrogen and oxygen atoms in total. The number of ether oxygens (including phenoxy) is 1. The minimum Gasteiger partial charge on any atom is -0.474 e. The smallest absolute Gasteiger partial charge is 0.232 e. The normalized spacial score (nSPS) is 12.9. The number of aliphatic hydroxyl groups excluding tert-OH is 1. The summed E-state index contributed by atoms with van der Waals surface area (Å²) in [5.74, 6) is 0.294. The topological polar surface area (TPSA) is 81.3 Å². The van der Waals surface area contributed by atoms with Gasteiger partial charge in [-0.1, -0.05) is 0 Å². The highest BCUT2D eigenvalue weighted by atomic mass is 16.5. The zero-order valence-electron chi connectivity index (χ0n) is 9.05. The quantitative estimate of drug-likeness (QED) is 0.732. The van der Waals surface area contributed by atoms with E-state index in [-0.39, 0.29) is 18.6 Å². The summed E-state index contributed by atoms with van der Waals surface area (Å²) in [5, 5.41) is 9.06. The lowest BCUT2D eigenvalue weighted by Gasteiger charge is -2.13. The molecule has 3 N–H and O–H groups in total. The SMILES string of the molecule is CC(C)Oc1cncc(C(CN)CO)n1. The van der Waals surface area contributed by atoms with Gasteiger partial charge in [0.25, 0.3) is 0 Å². The zero-order valence-corrected chi connectivity index (χ0v) is 9.05. The third kappa shape index (κ3) is 3.45. The van der Waals surface area contributed by atoms with Gasteiger partial charge in [-0.05, 0) is 13.8 Å². The van der Waals surface area contributed by atoms with Gasteiger partial charge in [0, 0.05) is 18.7 Å². The number of aromatic nitrogens is 2. The Hall–Kier alpha value is -1.20. The van der Waals surface area contributed by atoms with E-state index in [0.717, 1.165) is 0 Å².